The van der Waals surface area contributed by atoms with Gasteiger partial charge in [-0.05, 0) is 60.7 Å². The molecular weight excluding hydrogens is 340 g/mol. The van der Waals surface area contributed by atoms with Crippen molar-refractivity contribution in [3.8, 4) is 23.3 Å². The molecule has 2 aromatic rings. The van der Waals surface area contributed by atoms with Gasteiger partial charge in [0.1, 0.15) is 17.6 Å². The average Bonchev–Trinajstić information content (AvgIpc) is 3.10. The van der Waals surface area contributed by atoms with Crippen LogP contribution in [0.2, 0.25) is 0 Å². The minimum Gasteiger partial charge on any atom is -0.497 e. The first kappa shape index (κ1) is 18.8. The molecule has 2 atom stereocenters. The zero-order chi connectivity index (χ0) is 19.2. The second-order valence-corrected chi connectivity index (χ2v) is 6.51. The number of esters is 1. The van der Waals surface area contributed by atoms with Crippen LogP contribution in [0.1, 0.15) is 48.5 Å². The Morgan fingerprint density at radius 3 is 2.56 bits per heavy atom. The van der Waals surface area contributed by atoms with Crippen LogP contribution in [0.3, 0.4) is 0 Å². The zero-order valence-electron chi connectivity index (χ0n) is 16.0. The molecule has 2 unspecified atom stereocenters. The van der Waals surface area contributed by atoms with Crippen molar-refractivity contribution in [1.29, 1.82) is 0 Å². The fourth-order valence-corrected chi connectivity index (χ4v) is 3.41. The summed E-state index contributed by atoms with van der Waals surface area (Å²) in [5.74, 6) is 7.19. The molecular formula is C23H24O4. The van der Waals surface area contributed by atoms with Gasteiger partial charge < -0.3 is 14.2 Å². The van der Waals surface area contributed by atoms with Crippen LogP contribution in [0.15, 0.2) is 42.5 Å². The van der Waals surface area contributed by atoms with E-state index in [1.165, 1.54) is 18.2 Å². The van der Waals surface area contributed by atoms with Gasteiger partial charge in [-0.15, -0.1) is 5.92 Å². The summed E-state index contributed by atoms with van der Waals surface area (Å²) in [6, 6.07) is 14.0. The molecule has 1 aliphatic carbocycles. The van der Waals surface area contributed by atoms with Crippen LogP contribution in [0.25, 0.3) is 0 Å². The third kappa shape index (κ3) is 4.43. The van der Waals surface area contributed by atoms with E-state index in [0.717, 1.165) is 29.9 Å². The maximum atomic E-state index is 11.6. The molecule has 0 N–H and O–H groups in total. The van der Waals surface area contributed by atoms with Crippen LogP contribution in [-0.2, 0) is 16.0 Å². The molecule has 3 rings (SSSR count). The van der Waals surface area contributed by atoms with Gasteiger partial charge in [-0.3, -0.25) is 4.79 Å². The monoisotopic (exact) mass is 364 g/mol. The Morgan fingerprint density at radius 1 is 1.15 bits per heavy atom. The molecule has 0 bridgehead atoms. The van der Waals surface area contributed by atoms with E-state index < -0.39 is 0 Å². The summed E-state index contributed by atoms with van der Waals surface area (Å²) < 4.78 is 16.3. The quantitative estimate of drug-likeness (QED) is 0.562. The Bertz CT molecular complexity index is 858. The minimum absolute atomic E-state index is 0.0299. The lowest BCUT2D eigenvalue weighted by Crippen LogP contribution is -2.08. The lowest BCUT2D eigenvalue weighted by molar-refractivity contribution is -0.140. The highest BCUT2D eigenvalue weighted by atomic mass is 16.5. The Hall–Kier alpha value is -2.93. The third-order valence-corrected chi connectivity index (χ3v) is 4.85. The SMILES string of the molecule is CC#CC(CC(=O)OC)c1ccc(OC2CCc3ccc(OC)cc32)cc1. The van der Waals surface area contributed by atoms with E-state index in [1.54, 1.807) is 14.0 Å². The van der Waals surface area contributed by atoms with Crippen molar-refractivity contribution in [2.45, 2.75) is 38.2 Å². The van der Waals surface area contributed by atoms with Crippen molar-refractivity contribution in [3.63, 3.8) is 0 Å². The summed E-state index contributed by atoms with van der Waals surface area (Å²) in [6.45, 7) is 1.77. The predicted octanol–water partition coefficient (Wildman–Crippen LogP) is 4.43. The standard InChI is InChI=1S/C23H24O4/c1-4-5-18(14-23(24)26-3)16-6-10-19(11-7-16)27-22-13-9-17-8-12-20(25-2)15-21(17)22/h6-8,10-12,15,18,22H,9,13-14H2,1-3H3. The van der Waals surface area contributed by atoms with Gasteiger partial charge in [-0.2, -0.15) is 0 Å². The van der Waals surface area contributed by atoms with Crippen LogP contribution in [-0.4, -0.2) is 20.2 Å². The number of hydrogen-bond donors (Lipinski definition) is 0. The lowest BCUT2D eigenvalue weighted by Gasteiger charge is -2.17. The molecule has 1 aliphatic rings. The highest BCUT2D eigenvalue weighted by Gasteiger charge is 2.25. The molecule has 0 saturated carbocycles. The van der Waals surface area contributed by atoms with Crippen LogP contribution in [0, 0.1) is 11.8 Å². The molecule has 0 aliphatic heterocycles. The Balaban J connectivity index is 1.73. The Morgan fingerprint density at radius 2 is 1.89 bits per heavy atom. The fourth-order valence-electron chi connectivity index (χ4n) is 3.41. The van der Waals surface area contributed by atoms with Gasteiger partial charge in [0.05, 0.1) is 26.6 Å². The number of rotatable bonds is 6. The van der Waals surface area contributed by atoms with E-state index in [4.69, 9.17) is 14.2 Å². The average molecular weight is 364 g/mol. The van der Waals surface area contributed by atoms with Gasteiger partial charge in [0.2, 0.25) is 0 Å². The van der Waals surface area contributed by atoms with E-state index in [-0.39, 0.29) is 24.4 Å². The van der Waals surface area contributed by atoms with Gasteiger partial charge in [0.25, 0.3) is 0 Å². The highest BCUT2D eigenvalue weighted by molar-refractivity contribution is 5.71. The van der Waals surface area contributed by atoms with Crippen molar-refractivity contribution in [3.05, 3.63) is 59.2 Å². The highest BCUT2D eigenvalue weighted by Crippen LogP contribution is 2.37. The number of carbonyl (C=O) groups excluding carboxylic acids is 1. The van der Waals surface area contributed by atoms with E-state index in [9.17, 15) is 4.79 Å². The number of carbonyl (C=O) groups is 1. The van der Waals surface area contributed by atoms with E-state index >= 15 is 0 Å². The summed E-state index contributed by atoms with van der Waals surface area (Å²) in [6.07, 6.45) is 2.24. The van der Waals surface area contributed by atoms with Crippen LogP contribution in [0.4, 0.5) is 0 Å². The molecule has 140 valence electrons. The van der Waals surface area contributed by atoms with Gasteiger partial charge in [0.15, 0.2) is 0 Å². The van der Waals surface area contributed by atoms with E-state index in [1.807, 2.05) is 30.3 Å². The third-order valence-electron chi connectivity index (χ3n) is 4.85. The molecule has 4 heteroatoms. The van der Waals surface area contributed by atoms with E-state index in [2.05, 4.69) is 24.0 Å². The summed E-state index contributed by atoms with van der Waals surface area (Å²) >= 11 is 0. The van der Waals surface area contributed by atoms with Crippen molar-refractivity contribution in [1.82, 2.24) is 0 Å². The molecule has 0 saturated heterocycles. The number of benzene rings is 2. The largest absolute Gasteiger partial charge is 0.497 e. The molecule has 0 amide bonds. The maximum absolute atomic E-state index is 11.6. The van der Waals surface area contributed by atoms with Crippen LogP contribution in [0.5, 0.6) is 11.5 Å². The number of hydrogen-bond acceptors (Lipinski definition) is 4. The van der Waals surface area contributed by atoms with Crippen molar-refractivity contribution in [2.75, 3.05) is 14.2 Å². The van der Waals surface area contributed by atoms with E-state index in [0.29, 0.717) is 0 Å². The first-order valence-corrected chi connectivity index (χ1v) is 9.07. The number of aryl methyl sites for hydroxylation is 1. The van der Waals surface area contributed by atoms with Gasteiger partial charge in [-0.25, -0.2) is 0 Å². The number of fused-ring (bicyclic) bond motifs is 1. The zero-order valence-corrected chi connectivity index (χ0v) is 16.0. The molecule has 0 spiro atoms. The van der Waals surface area contributed by atoms with Gasteiger partial charge >= 0.3 is 5.97 Å². The molecule has 27 heavy (non-hydrogen) atoms. The summed E-state index contributed by atoms with van der Waals surface area (Å²) in [5, 5.41) is 0. The van der Waals surface area contributed by atoms with Crippen molar-refractivity contribution < 1.29 is 19.0 Å². The summed E-state index contributed by atoms with van der Waals surface area (Å²) in [7, 11) is 3.07. The molecule has 4 nitrogen and oxygen atoms in total. The number of ether oxygens (including phenoxy) is 3. The summed E-state index contributed by atoms with van der Waals surface area (Å²) in [5.41, 5.74) is 3.49. The normalized spacial score (nSPS) is 15.9. The van der Waals surface area contributed by atoms with Crippen molar-refractivity contribution in [2.24, 2.45) is 0 Å². The topological polar surface area (TPSA) is 44.8 Å². The number of methoxy groups -OCH3 is 2. The predicted molar refractivity (Wildman–Crippen MR) is 104 cm³/mol. The first-order valence-electron chi connectivity index (χ1n) is 9.07. The van der Waals surface area contributed by atoms with Crippen molar-refractivity contribution >= 4 is 5.97 Å². The van der Waals surface area contributed by atoms with Gasteiger partial charge in [0, 0.05) is 0 Å². The molecule has 0 radical (unpaired) electrons. The minimum atomic E-state index is -0.264. The molecule has 0 heterocycles. The first-order chi connectivity index (χ1) is 13.1. The molecule has 2 aromatic carbocycles. The second kappa shape index (κ2) is 8.64. The molecule has 0 fully saturated rings. The lowest BCUT2D eigenvalue weighted by atomic mass is 9.96. The van der Waals surface area contributed by atoms with Crippen LogP contribution >= 0.6 is 0 Å². The molecule has 0 aromatic heterocycles. The fraction of sp³-hybridized carbons (Fsp3) is 0.348. The summed E-state index contributed by atoms with van der Waals surface area (Å²) in [4.78, 5) is 11.6. The second-order valence-electron chi connectivity index (χ2n) is 6.51. The maximum Gasteiger partial charge on any atom is 0.307 e. The smallest absolute Gasteiger partial charge is 0.307 e. The van der Waals surface area contributed by atoms with Gasteiger partial charge in [-0.1, -0.05) is 24.1 Å². The van der Waals surface area contributed by atoms with Crippen LogP contribution < -0.4 is 9.47 Å². The Kier molecular flexibility index (Phi) is 6.03. The Labute approximate surface area is 160 Å².